The molecule has 0 radical (unpaired) electrons. The van der Waals surface area contributed by atoms with E-state index in [1.54, 1.807) is 0 Å². The molecule has 0 saturated carbocycles. The number of carbonyl (C=O) groups is 1. The average Bonchev–Trinajstić information content (AvgIpc) is 2.34. The molecule has 0 spiro atoms. The summed E-state index contributed by atoms with van der Waals surface area (Å²) in [5.41, 5.74) is 1.97. The van der Waals surface area contributed by atoms with Gasteiger partial charge in [-0.3, -0.25) is 4.79 Å². The van der Waals surface area contributed by atoms with Crippen molar-refractivity contribution in [1.82, 2.24) is 5.32 Å². The van der Waals surface area contributed by atoms with Crippen molar-refractivity contribution in [2.45, 2.75) is 13.5 Å². The van der Waals surface area contributed by atoms with Gasteiger partial charge in [-0.2, -0.15) is 0 Å². The lowest BCUT2D eigenvalue weighted by molar-refractivity contribution is -0.182. The van der Waals surface area contributed by atoms with Gasteiger partial charge in [-0.1, -0.05) is 29.8 Å². The van der Waals surface area contributed by atoms with E-state index in [0.717, 1.165) is 6.54 Å². The molecular weight excluding hydrogens is 230 g/mol. The summed E-state index contributed by atoms with van der Waals surface area (Å²) in [6.45, 7) is 4.29. The smallest absolute Gasteiger partial charge is 0.317 e. The van der Waals surface area contributed by atoms with Gasteiger partial charge in [-0.25, -0.2) is 0 Å². The fraction of sp³-hybridized carbons (Fsp3) is 0.500. The molecule has 1 saturated heterocycles. The van der Waals surface area contributed by atoms with E-state index in [-0.39, 0.29) is 5.97 Å². The zero-order valence-corrected chi connectivity index (χ0v) is 10.9. The minimum Gasteiger partial charge on any atom is -0.468 e. The first-order chi connectivity index (χ1) is 8.66. The van der Waals surface area contributed by atoms with Crippen molar-refractivity contribution < 1.29 is 14.3 Å². The van der Waals surface area contributed by atoms with Crippen LogP contribution in [-0.4, -0.2) is 32.8 Å². The number of aryl methyl sites for hydroxylation is 1. The molecule has 1 fully saturated rings. The first-order valence-corrected chi connectivity index (χ1v) is 6.09. The van der Waals surface area contributed by atoms with Crippen LogP contribution in [-0.2, 0) is 20.8 Å². The molecule has 1 aromatic carbocycles. The number of rotatable bonds is 5. The van der Waals surface area contributed by atoms with E-state index in [9.17, 15) is 4.79 Å². The first kappa shape index (κ1) is 13.1. The summed E-state index contributed by atoms with van der Waals surface area (Å²) in [5.74, 6) is -0.190. The zero-order valence-electron chi connectivity index (χ0n) is 10.9. The normalized spacial score (nSPS) is 17.0. The maximum absolute atomic E-state index is 11.7. The summed E-state index contributed by atoms with van der Waals surface area (Å²) in [6.07, 6.45) is 0. The molecular formula is C14H19NO3. The Bertz CT molecular complexity index is 410. The van der Waals surface area contributed by atoms with Gasteiger partial charge in [0, 0.05) is 13.1 Å². The Kier molecular flexibility index (Phi) is 3.99. The molecule has 0 bridgehead atoms. The van der Waals surface area contributed by atoms with E-state index in [1.165, 1.54) is 18.2 Å². The summed E-state index contributed by atoms with van der Waals surface area (Å²) >= 11 is 0. The van der Waals surface area contributed by atoms with E-state index in [4.69, 9.17) is 9.47 Å². The Balaban J connectivity index is 1.84. The maximum atomic E-state index is 11.7. The Hall–Kier alpha value is -1.39. The summed E-state index contributed by atoms with van der Waals surface area (Å²) in [6, 6.07) is 8.34. The standard InChI is InChI=1S/C14H19NO3/c1-11-3-5-12(6-4-11)7-15-8-14(9-18-10-14)13(16)17-2/h3-6,15H,7-10H2,1-2H3. The van der Waals surface area contributed by atoms with Gasteiger partial charge in [-0.15, -0.1) is 0 Å². The predicted octanol–water partition coefficient (Wildman–Crippen LogP) is 1.27. The molecule has 1 aliphatic rings. The van der Waals surface area contributed by atoms with E-state index in [2.05, 4.69) is 36.5 Å². The second-order valence-corrected chi connectivity index (χ2v) is 4.85. The van der Waals surface area contributed by atoms with E-state index < -0.39 is 5.41 Å². The summed E-state index contributed by atoms with van der Waals surface area (Å²) < 4.78 is 9.96. The zero-order chi connectivity index (χ0) is 13.0. The number of nitrogens with one attached hydrogen (secondary N) is 1. The highest BCUT2D eigenvalue weighted by Gasteiger charge is 2.46. The van der Waals surface area contributed by atoms with Crippen molar-refractivity contribution in [3.05, 3.63) is 35.4 Å². The van der Waals surface area contributed by atoms with Gasteiger partial charge in [0.1, 0.15) is 5.41 Å². The number of esters is 1. The van der Waals surface area contributed by atoms with E-state index in [0.29, 0.717) is 19.8 Å². The third kappa shape index (κ3) is 2.71. The number of ether oxygens (including phenoxy) is 2. The van der Waals surface area contributed by atoms with Gasteiger partial charge in [0.2, 0.25) is 0 Å². The Labute approximate surface area is 107 Å². The van der Waals surface area contributed by atoms with Crippen LogP contribution in [0.25, 0.3) is 0 Å². The van der Waals surface area contributed by atoms with Crippen molar-refractivity contribution in [1.29, 1.82) is 0 Å². The monoisotopic (exact) mass is 249 g/mol. The average molecular weight is 249 g/mol. The van der Waals surface area contributed by atoms with Crippen LogP contribution in [0.4, 0.5) is 0 Å². The van der Waals surface area contributed by atoms with Crippen LogP contribution in [0.1, 0.15) is 11.1 Å². The lowest BCUT2D eigenvalue weighted by Gasteiger charge is -2.38. The number of benzene rings is 1. The molecule has 4 heteroatoms. The SMILES string of the molecule is COC(=O)C1(CNCc2ccc(C)cc2)COC1. The topological polar surface area (TPSA) is 47.6 Å². The van der Waals surface area contributed by atoms with Gasteiger partial charge in [0.05, 0.1) is 20.3 Å². The van der Waals surface area contributed by atoms with Crippen LogP contribution in [0, 0.1) is 12.3 Å². The summed E-state index contributed by atoms with van der Waals surface area (Å²) in [7, 11) is 1.42. The van der Waals surface area contributed by atoms with E-state index in [1.807, 2.05) is 0 Å². The second kappa shape index (κ2) is 5.50. The third-order valence-electron chi connectivity index (χ3n) is 3.29. The van der Waals surface area contributed by atoms with Gasteiger partial charge in [0.15, 0.2) is 0 Å². The summed E-state index contributed by atoms with van der Waals surface area (Å²) in [5, 5.41) is 3.30. The van der Waals surface area contributed by atoms with Crippen molar-refractivity contribution >= 4 is 5.97 Å². The second-order valence-electron chi connectivity index (χ2n) is 4.85. The first-order valence-electron chi connectivity index (χ1n) is 6.09. The molecule has 0 aromatic heterocycles. The lowest BCUT2D eigenvalue weighted by atomic mass is 9.86. The van der Waals surface area contributed by atoms with Crippen LogP contribution >= 0.6 is 0 Å². The fourth-order valence-electron chi connectivity index (χ4n) is 2.01. The van der Waals surface area contributed by atoms with Crippen LogP contribution in [0.2, 0.25) is 0 Å². The molecule has 4 nitrogen and oxygen atoms in total. The molecule has 98 valence electrons. The van der Waals surface area contributed by atoms with Gasteiger partial charge in [0.25, 0.3) is 0 Å². The van der Waals surface area contributed by atoms with Crippen molar-refractivity contribution in [2.24, 2.45) is 5.41 Å². The molecule has 1 N–H and O–H groups in total. The molecule has 1 aliphatic heterocycles. The van der Waals surface area contributed by atoms with Crippen LogP contribution in [0.3, 0.4) is 0 Å². The molecule has 0 amide bonds. The maximum Gasteiger partial charge on any atom is 0.317 e. The van der Waals surface area contributed by atoms with Crippen LogP contribution < -0.4 is 5.32 Å². The van der Waals surface area contributed by atoms with Crippen LogP contribution in [0.15, 0.2) is 24.3 Å². The molecule has 0 atom stereocenters. The fourth-order valence-corrected chi connectivity index (χ4v) is 2.01. The Morgan fingerprint density at radius 1 is 1.39 bits per heavy atom. The molecule has 18 heavy (non-hydrogen) atoms. The molecule has 1 heterocycles. The van der Waals surface area contributed by atoms with Crippen LogP contribution in [0.5, 0.6) is 0 Å². The van der Waals surface area contributed by atoms with E-state index >= 15 is 0 Å². The summed E-state index contributed by atoms with van der Waals surface area (Å²) in [4.78, 5) is 11.7. The lowest BCUT2D eigenvalue weighted by Crippen LogP contribution is -2.55. The highest BCUT2D eigenvalue weighted by atomic mass is 16.5. The number of hydrogen-bond donors (Lipinski definition) is 1. The highest BCUT2D eigenvalue weighted by Crippen LogP contribution is 2.28. The van der Waals surface area contributed by atoms with Crippen molar-refractivity contribution in [3.8, 4) is 0 Å². The predicted molar refractivity (Wildman–Crippen MR) is 68.2 cm³/mol. The largest absolute Gasteiger partial charge is 0.468 e. The molecule has 0 aliphatic carbocycles. The molecule has 0 unspecified atom stereocenters. The quantitative estimate of drug-likeness (QED) is 0.798. The Morgan fingerprint density at radius 3 is 2.56 bits per heavy atom. The van der Waals surface area contributed by atoms with Gasteiger partial charge >= 0.3 is 5.97 Å². The molecule has 1 aromatic rings. The highest BCUT2D eigenvalue weighted by molar-refractivity contribution is 5.78. The van der Waals surface area contributed by atoms with Gasteiger partial charge in [-0.05, 0) is 12.5 Å². The minimum absolute atomic E-state index is 0.190. The molecule has 2 rings (SSSR count). The van der Waals surface area contributed by atoms with Crippen molar-refractivity contribution in [3.63, 3.8) is 0 Å². The van der Waals surface area contributed by atoms with Gasteiger partial charge < -0.3 is 14.8 Å². The minimum atomic E-state index is -0.487. The number of carbonyl (C=O) groups excluding carboxylic acids is 1. The Morgan fingerprint density at radius 2 is 2.06 bits per heavy atom. The number of hydrogen-bond acceptors (Lipinski definition) is 4. The van der Waals surface area contributed by atoms with Crippen molar-refractivity contribution in [2.75, 3.05) is 26.9 Å². The number of methoxy groups -OCH3 is 1. The third-order valence-corrected chi connectivity index (χ3v) is 3.29.